The van der Waals surface area contributed by atoms with Crippen LogP contribution in [0.4, 0.5) is 10.1 Å². The highest BCUT2D eigenvalue weighted by Crippen LogP contribution is 2.23. The van der Waals surface area contributed by atoms with Gasteiger partial charge in [-0.1, -0.05) is 11.6 Å². The first-order chi connectivity index (χ1) is 9.10. The summed E-state index contributed by atoms with van der Waals surface area (Å²) in [5.41, 5.74) is 1.79. The molecule has 0 saturated carbocycles. The first-order valence-electron chi connectivity index (χ1n) is 5.47. The summed E-state index contributed by atoms with van der Waals surface area (Å²) in [7, 11) is 0. The van der Waals surface area contributed by atoms with E-state index in [-0.39, 0.29) is 5.82 Å². The number of nitriles is 1. The fourth-order valence-corrected chi connectivity index (χ4v) is 2.67. The summed E-state index contributed by atoms with van der Waals surface area (Å²) < 4.78 is 14.6. The molecule has 0 bridgehead atoms. The first kappa shape index (κ1) is 14.1. The van der Waals surface area contributed by atoms with Crippen LogP contribution < -0.4 is 5.32 Å². The average Bonchev–Trinajstić information content (AvgIpc) is 2.39. The number of anilines is 1. The number of nitrogens with one attached hydrogen (secondary N) is 1. The van der Waals surface area contributed by atoms with Crippen LogP contribution in [-0.2, 0) is 6.54 Å². The fourth-order valence-electron chi connectivity index (χ4n) is 1.60. The second kappa shape index (κ2) is 6.22. The highest BCUT2D eigenvalue weighted by atomic mass is 127. The van der Waals surface area contributed by atoms with Gasteiger partial charge in [-0.2, -0.15) is 5.26 Å². The molecule has 0 amide bonds. The van der Waals surface area contributed by atoms with E-state index in [1.54, 1.807) is 12.1 Å². The predicted molar refractivity (Wildman–Crippen MR) is 82.6 cm³/mol. The molecule has 0 fully saturated rings. The Hall–Kier alpha value is -1.32. The Labute approximate surface area is 129 Å². The molecule has 0 heterocycles. The lowest BCUT2D eigenvalue weighted by Crippen LogP contribution is -2.03. The maximum absolute atomic E-state index is 13.6. The molecule has 2 nitrogen and oxygen atoms in total. The zero-order chi connectivity index (χ0) is 13.8. The SMILES string of the molecule is N#Cc1ccc(F)c(CNc2ccc(Cl)cc2I)c1. The smallest absolute Gasteiger partial charge is 0.128 e. The molecule has 0 aliphatic rings. The highest BCUT2D eigenvalue weighted by molar-refractivity contribution is 14.1. The quantitative estimate of drug-likeness (QED) is 0.785. The van der Waals surface area contributed by atoms with E-state index < -0.39 is 0 Å². The van der Waals surface area contributed by atoms with Gasteiger partial charge in [0.15, 0.2) is 0 Å². The van der Waals surface area contributed by atoms with Crippen LogP contribution >= 0.6 is 34.2 Å². The molecular formula is C14H9ClFIN2. The highest BCUT2D eigenvalue weighted by Gasteiger charge is 2.05. The molecule has 0 aliphatic heterocycles. The minimum absolute atomic E-state index is 0.318. The Morgan fingerprint density at radius 3 is 2.74 bits per heavy atom. The molecule has 2 rings (SSSR count). The van der Waals surface area contributed by atoms with E-state index in [0.717, 1.165) is 9.26 Å². The second-order valence-electron chi connectivity index (χ2n) is 3.90. The monoisotopic (exact) mass is 386 g/mol. The third kappa shape index (κ3) is 3.58. The third-order valence-electron chi connectivity index (χ3n) is 2.58. The van der Waals surface area contributed by atoms with Gasteiger partial charge in [0.2, 0.25) is 0 Å². The van der Waals surface area contributed by atoms with Gasteiger partial charge < -0.3 is 5.32 Å². The van der Waals surface area contributed by atoms with Crippen molar-refractivity contribution in [1.29, 1.82) is 5.26 Å². The molecule has 19 heavy (non-hydrogen) atoms. The number of hydrogen-bond acceptors (Lipinski definition) is 2. The first-order valence-corrected chi connectivity index (χ1v) is 6.93. The van der Waals surface area contributed by atoms with E-state index in [1.165, 1.54) is 12.1 Å². The van der Waals surface area contributed by atoms with Gasteiger partial charge >= 0.3 is 0 Å². The lowest BCUT2D eigenvalue weighted by atomic mass is 10.1. The van der Waals surface area contributed by atoms with Crippen molar-refractivity contribution in [2.45, 2.75) is 6.54 Å². The summed E-state index contributed by atoms with van der Waals surface area (Å²) in [5, 5.41) is 12.6. The zero-order valence-electron chi connectivity index (χ0n) is 9.75. The lowest BCUT2D eigenvalue weighted by Gasteiger charge is -2.10. The maximum Gasteiger partial charge on any atom is 0.128 e. The molecule has 96 valence electrons. The van der Waals surface area contributed by atoms with Gasteiger partial charge in [0.25, 0.3) is 0 Å². The largest absolute Gasteiger partial charge is 0.380 e. The normalized spacial score (nSPS) is 10.0. The summed E-state index contributed by atoms with van der Waals surface area (Å²) in [6.45, 7) is 0.318. The summed E-state index contributed by atoms with van der Waals surface area (Å²) in [5.74, 6) is -0.324. The second-order valence-corrected chi connectivity index (χ2v) is 5.49. The molecule has 5 heteroatoms. The maximum atomic E-state index is 13.6. The van der Waals surface area contributed by atoms with Crippen molar-refractivity contribution >= 4 is 39.9 Å². The van der Waals surface area contributed by atoms with E-state index in [2.05, 4.69) is 27.9 Å². The Morgan fingerprint density at radius 1 is 1.26 bits per heavy atom. The lowest BCUT2D eigenvalue weighted by molar-refractivity contribution is 0.612. The Bertz CT molecular complexity index is 652. The molecule has 0 saturated heterocycles. The molecule has 0 aliphatic carbocycles. The molecule has 1 N–H and O–H groups in total. The van der Waals surface area contributed by atoms with E-state index in [1.807, 2.05) is 18.2 Å². The number of halogens is 3. The standard InChI is InChI=1S/C14H9ClFIN2/c15-11-2-4-14(13(17)6-11)19-8-10-5-9(7-18)1-3-12(10)16/h1-6,19H,8H2. The van der Waals surface area contributed by atoms with Crippen molar-refractivity contribution in [2.75, 3.05) is 5.32 Å². The number of rotatable bonds is 3. The van der Waals surface area contributed by atoms with Gasteiger partial charge in [0.1, 0.15) is 5.82 Å². The minimum atomic E-state index is -0.324. The summed E-state index contributed by atoms with van der Waals surface area (Å²) in [6.07, 6.45) is 0. The van der Waals surface area contributed by atoms with E-state index in [9.17, 15) is 4.39 Å². The van der Waals surface area contributed by atoms with Crippen LogP contribution in [0.25, 0.3) is 0 Å². The van der Waals surface area contributed by atoms with Gasteiger partial charge in [0.05, 0.1) is 11.6 Å². The van der Waals surface area contributed by atoms with Crippen molar-refractivity contribution in [3.05, 3.63) is 61.9 Å². The molecule has 2 aromatic rings. The molecule has 0 atom stereocenters. The topological polar surface area (TPSA) is 35.8 Å². The Morgan fingerprint density at radius 2 is 2.05 bits per heavy atom. The number of nitrogens with zero attached hydrogens (tertiary/aromatic N) is 1. The molecule has 2 aromatic carbocycles. The van der Waals surface area contributed by atoms with Crippen LogP contribution in [0, 0.1) is 20.7 Å². The van der Waals surface area contributed by atoms with Crippen molar-refractivity contribution in [2.24, 2.45) is 0 Å². The Kier molecular flexibility index (Phi) is 4.61. The predicted octanol–water partition coefficient (Wildman–Crippen LogP) is 4.57. The minimum Gasteiger partial charge on any atom is -0.380 e. The summed E-state index contributed by atoms with van der Waals surface area (Å²) >= 11 is 8.03. The van der Waals surface area contributed by atoms with Crippen molar-refractivity contribution in [3.8, 4) is 6.07 Å². The van der Waals surface area contributed by atoms with Crippen molar-refractivity contribution in [1.82, 2.24) is 0 Å². The average molecular weight is 387 g/mol. The molecule has 0 spiro atoms. The van der Waals surface area contributed by atoms with E-state index in [4.69, 9.17) is 16.9 Å². The van der Waals surface area contributed by atoms with Gasteiger partial charge in [-0.3, -0.25) is 0 Å². The van der Waals surface area contributed by atoms with Crippen molar-refractivity contribution < 1.29 is 4.39 Å². The van der Waals surface area contributed by atoms with Crippen LogP contribution in [-0.4, -0.2) is 0 Å². The van der Waals surface area contributed by atoms with Crippen LogP contribution in [0.1, 0.15) is 11.1 Å². The van der Waals surface area contributed by atoms with E-state index >= 15 is 0 Å². The molecule has 0 aromatic heterocycles. The van der Waals surface area contributed by atoms with Crippen LogP contribution in [0.3, 0.4) is 0 Å². The fraction of sp³-hybridized carbons (Fsp3) is 0.0714. The van der Waals surface area contributed by atoms with Gasteiger partial charge in [-0.25, -0.2) is 4.39 Å². The van der Waals surface area contributed by atoms with E-state index in [0.29, 0.717) is 22.7 Å². The number of hydrogen-bond donors (Lipinski definition) is 1. The molecular weight excluding hydrogens is 378 g/mol. The van der Waals surface area contributed by atoms with Crippen molar-refractivity contribution in [3.63, 3.8) is 0 Å². The van der Waals surface area contributed by atoms with Crippen LogP contribution in [0.15, 0.2) is 36.4 Å². The van der Waals surface area contributed by atoms with Crippen LogP contribution in [0.5, 0.6) is 0 Å². The zero-order valence-corrected chi connectivity index (χ0v) is 12.7. The third-order valence-corrected chi connectivity index (χ3v) is 3.70. The Balaban J connectivity index is 2.16. The molecule has 0 radical (unpaired) electrons. The van der Waals surface area contributed by atoms with Gasteiger partial charge in [-0.15, -0.1) is 0 Å². The molecule has 0 unspecified atom stereocenters. The summed E-state index contributed by atoms with van der Waals surface area (Å²) in [6, 6.07) is 11.8. The van der Waals surface area contributed by atoms with Gasteiger partial charge in [0, 0.05) is 26.4 Å². The van der Waals surface area contributed by atoms with Crippen LogP contribution in [0.2, 0.25) is 5.02 Å². The number of benzene rings is 2. The van der Waals surface area contributed by atoms with Gasteiger partial charge in [-0.05, 0) is 59.0 Å². The summed E-state index contributed by atoms with van der Waals surface area (Å²) in [4.78, 5) is 0.